The predicted octanol–water partition coefficient (Wildman–Crippen LogP) is 4.68. The van der Waals surface area contributed by atoms with E-state index in [2.05, 4.69) is 31.5 Å². The van der Waals surface area contributed by atoms with E-state index in [9.17, 15) is 9.18 Å². The Kier molecular flexibility index (Phi) is 6.49. The molecule has 1 aromatic carbocycles. The second-order valence-electron chi connectivity index (χ2n) is 10.3. The molecule has 2 fully saturated rings. The van der Waals surface area contributed by atoms with Crippen LogP contribution in [0.3, 0.4) is 0 Å². The summed E-state index contributed by atoms with van der Waals surface area (Å²) in [4.78, 5) is 26.0. The molecule has 2 saturated heterocycles. The number of pyridine rings is 1. The predicted molar refractivity (Wildman–Crippen MR) is 143 cm³/mol. The van der Waals surface area contributed by atoms with Crippen molar-refractivity contribution in [3.05, 3.63) is 65.3 Å². The molecule has 37 heavy (non-hydrogen) atoms. The Morgan fingerprint density at radius 1 is 1.22 bits per heavy atom. The Hall–Kier alpha value is -3.18. The number of H-pyrrole nitrogens is 1. The summed E-state index contributed by atoms with van der Waals surface area (Å²) in [5.74, 6) is 1.46. The molecular formula is C27H30FN7OS. The summed E-state index contributed by atoms with van der Waals surface area (Å²) >= 11 is 1.13. The van der Waals surface area contributed by atoms with Crippen molar-refractivity contribution in [1.29, 1.82) is 0 Å². The Labute approximate surface area is 218 Å². The van der Waals surface area contributed by atoms with Crippen LogP contribution < -0.4 is 21.5 Å². The Bertz CT molecular complexity index is 1430. The molecule has 0 aliphatic carbocycles. The number of anilines is 1. The summed E-state index contributed by atoms with van der Waals surface area (Å²) in [6.07, 6.45) is 4.92. The van der Waals surface area contributed by atoms with E-state index in [1.807, 2.05) is 44.3 Å². The number of halogens is 1. The molecular weight excluding hydrogens is 489 g/mol. The lowest BCUT2D eigenvalue weighted by Crippen LogP contribution is -2.46. The highest BCUT2D eigenvalue weighted by molar-refractivity contribution is 7.14. The monoisotopic (exact) mass is 519 g/mol. The number of carbonyl (C=O) groups is 1. The summed E-state index contributed by atoms with van der Waals surface area (Å²) in [5.41, 5.74) is 11.4. The molecule has 2 aliphatic rings. The van der Waals surface area contributed by atoms with Gasteiger partial charge >= 0.3 is 0 Å². The van der Waals surface area contributed by atoms with E-state index in [1.165, 1.54) is 6.07 Å². The third-order valence-corrected chi connectivity index (χ3v) is 8.07. The van der Waals surface area contributed by atoms with Crippen LogP contribution in [0.4, 0.5) is 10.1 Å². The van der Waals surface area contributed by atoms with Gasteiger partial charge in [-0.05, 0) is 42.2 Å². The number of amides is 1. The lowest BCUT2D eigenvalue weighted by molar-refractivity contribution is -0.116. The molecule has 1 amide bonds. The molecule has 5 N–H and O–H groups in total. The van der Waals surface area contributed by atoms with Crippen molar-refractivity contribution in [3.8, 4) is 10.4 Å². The Morgan fingerprint density at radius 3 is 2.92 bits per heavy atom. The molecule has 4 aromatic rings. The lowest BCUT2D eigenvalue weighted by Gasteiger charge is -2.34. The number of para-hydroxylation sites is 1. The van der Waals surface area contributed by atoms with Crippen molar-refractivity contribution in [3.63, 3.8) is 0 Å². The SMILES string of the molecule is CC(C)CC(=O)Nc1cncc(C2CC3C(CN2)NNC3c2nc3c(-c4ccc(F)s4)cccc3[nH]2)c1. The molecule has 0 spiro atoms. The van der Waals surface area contributed by atoms with E-state index in [0.29, 0.717) is 12.3 Å². The van der Waals surface area contributed by atoms with Gasteiger partial charge in [-0.1, -0.05) is 26.0 Å². The zero-order chi connectivity index (χ0) is 25.5. The average Bonchev–Trinajstić information content (AvgIpc) is 3.60. The largest absolute Gasteiger partial charge is 0.341 e. The quantitative estimate of drug-likeness (QED) is 0.253. The Balaban J connectivity index is 1.23. The molecule has 0 bridgehead atoms. The summed E-state index contributed by atoms with van der Waals surface area (Å²) in [7, 11) is 0. The number of benzene rings is 1. The van der Waals surface area contributed by atoms with E-state index in [0.717, 1.165) is 62.9 Å². The van der Waals surface area contributed by atoms with E-state index < -0.39 is 0 Å². The molecule has 4 unspecified atom stereocenters. The molecule has 3 aromatic heterocycles. The van der Waals surface area contributed by atoms with Gasteiger partial charge in [0.05, 0.1) is 29.0 Å². The van der Waals surface area contributed by atoms with E-state index in [1.54, 1.807) is 12.3 Å². The van der Waals surface area contributed by atoms with Crippen molar-refractivity contribution in [1.82, 2.24) is 31.1 Å². The fourth-order valence-electron chi connectivity index (χ4n) is 5.45. The van der Waals surface area contributed by atoms with Crippen LogP contribution in [0.5, 0.6) is 0 Å². The van der Waals surface area contributed by atoms with Gasteiger partial charge in [0.1, 0.15) is 5.82 Å². The molecule has 5 heterocycles. The van der Waals surface area contributed by atoms with E-state index in [-0.39, 0.29) is 35.1 Å². The smallest absolute Gasteiger partial charge is 0.224 e. The maximum Gasteiger partial charge on any atom is 0.224 e. The number of carbonyl (C=O) groups excluding carboxylic acids is 1. The van der Waals surface area contributed by atoms with Crippen molar-refractivity contribution in [2.45, 2.75) is 44.8 Å². The second kappa shape index (κ2) is 9.94. The highest BCUT2D eigenvalue weighted by Crippen LogP contribution is 2.39. The zero-order valence-electron chi connectivity index (χ0n) is 20.7. The van der Waals surface area contributed by atoms with Gasteiger partial charge in [-0.25, -0.2) is 10.4 Å². The van der Waals surface area contributed by atoms with Gasteiger partial charge in [0, 0.05) is 47.6 Å². The number of thiophene rings is 1. The van der Waals surface area contributed by atoms with Gasteiger partial charge in [0.25, 0.3) is 0 Å². The average molecular weight is 520 g/mol. The minimum atomic E-state index is -0.203. The molecule has 0 saturated carbocycles. The van der Waals surface area contributed by atoms with Crippen molar-refractivity contribution in [2.75, 3.05) is 11.9 Å². The first-order chi connectivity index (χ1) is 17.9. The van der Waals surface area contributed by atoms with Crippen molar-refractivity contribution in [2.24, 2.45) is 11.8 Å². The Morgan fingerprint density at radius 2 is 2.11 bits per heavy atom. The number of piperidine rings is 1. The van der Waals surface area contributed by atoms with E-state index in [4.69, 9.17) is 4.98 Å². The standard InChI is InChI=1S/C27H30FN7OS/c1-14(2)8-24(36)31-16-9-15(11-29-12-16)20-10-18-21(13-30-20)34-35-26(18)27-32-19-5-3-4-17(25(19)33-27)22-6-7-23(28)37-22/h3-7,9,11-12,14,18,20-21,26,30,34-35H,8,10,13H2,1-2H3,(H,31,36)(H,32,33). The number of rotatable bonds is 6. The number of fused-ring (bicyclic) bond motifs is 2. The number of hydrogen-bond acceptors (Lipinski definition) is 7. The normalized spacial score (nSPS) is 23.5. The maximum absolute atomic E-state index is 13.7. The molecule has 8 nitrogen and oxygen atoms in total. The summed E-state index contributed by atoms with van der Waals surface area (Å²) in [5, 5.41) is 6.41. The number of hydrazine groups is 1. The van der Waals surface area contributed by atoms with Crippen LogP contribution in [0.1, 0.15) is 50.2 Å². The van der Waals surface area contributed by atoms with Gasteiger partial charge in [0.15, 0.2) is 5.13 Å². The van der Waals surface area contributed by atoms with Gasteiger partial charge in [-0.2, -0.15) is 4.39 Å². The molecule has 0 radical (unpaired) electrons. The number of imidazole rings is 1. The fourth-order valence-corrected chi connectivity index (χ4v) is 6.21. The number of aromatic nitrogens is 3. The van der Waals surface area contributed by atoms with Crippen LogP contribution in [-0.2, 0) is 4.79 Å². The molecule has 6 rings (SSSR count). The highest BCUT2D eigenvalue weighted by atomic mass is 32.1. The zero-order valence-corrected chi connectivity index (χ0v) is 21.5. The van der Waals surface area contributed by atoms with Gasteiger partial charge in [-0.15, -0.1) is 11.3 Å². The highest BCUT2D eigenvalue weighted by Gasteiger charge is 2.42. The first kappa shape index (κ1) is 24.2. The van der Waals surface area contributed by atoms with Crippen LogP contribution >= 0.6 is 11.3 Å². The second-order valence-corrected chi connectivity index (χ2v) is 11.3. The number of aromatic amines is 1. The van der Waals surface area contributed by atoms with Crippen molar-refractivity contribution < 1.29 is 9.18 Å². The van der Waals surface area contributed by atoms with Crippen LogP contribution in [-0.4, -0.2) is 33.4 Å². The third-order valence-electron chi connectivity index (χ3n) is 7.16. The van der Waals surface area contributed by atoms with Crippen LogP contribution in [0.25, 0.3) is 21.5 Å². The first-order valence-electron chi connectivity index (χ1n) is 12.7. The minimum absolute atomic E-state index is 0.00296. The number of nitrogens with one attached hydrogen (secondary N) is 5. The molecule has 4 atom stereocenters. The third kappa shape index (κ3) is 4.89. The summed E-state index contributed by atoms with van der Waals surface area (Å²) in [6, 6.07) is 11.6. The van der Waals surface area contributed by atoms with Gasteiger partial charge in [0.2, 0.25) is 5.91 Å². The summed E-state index contributed by atoms with van der Waals surface area (Å²) < 4.78 is 13.7. The topological polar surface area (TPSA) is 107 Å². The minimum Gasteiger partial charge on any atom is -0.341 e. The van der Waals surface area contributed by atoms with Crippen molar-refractivity contribution >= 4 is 34.0 Å². The van der Waals surface area contributed by atoms with Gasteiger partial charge < -0.3 is 15.6 Å². The van der Waals surface area contributed by atoms with E-state index >= 15 is 0 Å². The summed E-state index contributed by atoms with van der Waals surface area (Å²) in [6.45, 7) is 4.85. The molecule has 2 aliphatic heterocycles. The van der Waals surface area contributed by atoms with Crippen LogP contribution in [0.2, 0.25) is 0 Å². The first-order valence-corrected chi connectivity index (χ1v) is 13.5. The lowest BCUT2D eigenvalue weighted by atomic mass is 9.82. The number of hydrogen-bond donors (Lipinski definition) is 5. The van der Waals surface area contributed by atoms with Gasteiger partial charge in [-0.3, -0.25) is 15.2 Å². The molecule has 192 valence electrons. The van der Waals surface area contributed by atoms with Crippen LogP contribution in [0.15, 0.2) is 48.8 Å². The van der Waals surface area contributed by atoms with Crippen LogP contribution in [0, 0.1) is 17.0 Å². The number of nitrogens with zero attached hydrogens (tertiary/aromatic N) is 2. The maximum atomic E-state index is 13.7. The fraction of sp³-hybridized carbons (Fsp3) is 0.370. The molecule has 10 heteroatoms.